The molecule has 184 valence electrons. The number of aromatic nitrogens is 1. The van der Waals surface area contributed by atoms with Gasteiger partial charge < -0.3 is 20.1 Å². The molecule has 2 heterocycles. The van der Waals surface area contributed by atoms with E-state index in [0.717, 1.165) is 28.8 Å². The molecular weight excluding hydrogens is 452 g/mol. The molecule has 1 aliphatic heterocycles. The summed E-state index contributed by atoms with van der Waals surface area (Å²) in [5.74, 6) is -4.04. The maximum atomic E-state index is 14.1. The van der Waals surface area contributed by atoms with Crippen molar-refractivity contribution in [3.63, 3.8) is 0 Å². The Balaban J connectivity index is 1.64. The molecule has 1 aromatic carbocycles. The van der Waals surface area contributed by atoms with Crippen LogP contribution in [0.1, 0.15) is 53.0 Å². The maximum Gasteiger partial charge on any atom is 0.273 e. The highest BCUT2D eigenvalue weighted by molar-refractivity contribution is 5.98. The Labute approximate surface area is 202 Å². The summed E-state index contributed by atoms with van der Waals surface area (Å²) in [6.07, 6.45) is 1.21. The van der Waals surface area contributed by atoms with Gasteiger partial charge >= 0.3 is 0 Å². The van der Waals surface area contributed by atoms with Gasteiger partial charge in [0.15, 0.2) is 0 Å². The SMILES string of the molecule is Cc1c(C#N)cccc1[C@@H](C)N(c1cc(=O)n([C@H]2[C@H](C)C2(F)F)cc1C(N)=O)C1C2CN(C)CC21. The van der Waals surface area contributed by atoms with Crippen molar-refractivity contribution in [2.24, 2.45) is 23.5 Å². The second-order valence-electron chi connectivity index (χ2n) is 10.3. The molecular formula is C26H29F2N5O2. The lowest BCUT2D eigenvalue weighted by molar-refractivity contribution is 0.0871. The molecule has 1 saturated heterocycles. The fourth-order valence-electron chi connectivity index (χ4n) is 6.17. The standard InChI is InChI=1S/C26H29F2N5O2/c1-13-16(9-29)6-5-7-17(13)15(3)33(23-18-10-31(4)11-19(18)23)21-8-22(34)32(12-20(21)25(30)35)24-14(2)26(24,27)28/h5-8,12,14-15,18-19,23-24H,10-11H2,1-4H3,(H2,30,35)/t14-,15+,18?,19?,23?,24-/m0/s1. The summed E-state index contributed by atoms with van der Waals surface area (Å²) in [6, 6.07) is 7.53. The van der Waals surface area contributed by atoms with E-state index < -0.39 is 29.3 Å². The average molecular weight is 482 g/mol. The lowest BCUT2D eigenvalue weighted by Crippen LogP contribution is -2.38. The lowest BCUT2D eigenvalue weighted by Gasteiger charge is -2.36. The number of nitrogens with zero attached hydrogens (tertiary/aromatic N) is 4. The molecule has 2 aliphatic carbocycles. The predicted molar refractivity (Wildman–Crippen MR) is 127 cm³/mol. The summed E-state index contributed by atoms with van der Waals surface area (Å²) in [6.45, 7) is 7.04. The number of carbonyl (C=O) groups is 1. The third kappa shape index (κ3) is 3.54. The molecule has 5 rings (SSSR count). The third-order valence-electron chi connectivity index (χ3n) is 8.28. The highest BCUT2D eigenvalue weighted by atomic mass is 19.3. The highest BCUT2D eigenvalue weighted by Crippen LogP contribution is 2.58. The maximum absolute atomic E-state index is 14.1. The van der Waals surface area contributed by atoms with Gasteiger partial charge in [-0.2, -0.15) is 5.26 Å². The molecule has 2 unspecified atom stereocenters. The number of nitriles is 1. The molecule has 1 amide bonds. The van der Waals surface area contributed by atoms with E-state index in [0.29, 0.717) is 23.1 Å². The van der Waals surface area contributed by atoms with Crippen LogP contribution >= 0.6 is 0 Å². The van der Waals surface area contributed by atoms with Gasteiger partial charge in [0.05, 0.1) is 28.9 Å². The van der Waals surface area contributed by atoms with E-state index in [1.807, 2.05) is 26.0 Å². The van der Waals surface area contributed by atoms with E-state index in [9.17, 15) is 23.6 Å². The molecule has 0 spiro atoms. The van der Waals surface area contributed by atoms with E-state index in [4.69, 9.17) is 5.73 Å². The zero-order valence-electron chi connectivity index (χ0n) is 20.2. The Kier molecular flexibility index (Phi) is 5.29. The van der Waals surface area contributed by atoms with Gasteiger partial charge in [0.2, 0.25) is 0 Å². The Morgan fingerprint density at radius 1 is 1.31 bits per heavy atom. The predicted octanol–water partition coefficient (Wildman–Crippen LogP) is 3.08. The van der Waals surface area contributed by atoms with Gasteiger partial charge in [-0.1, -0.05) is 19.1 Å². The second kappa shape index (κ2) is 7.89. The minimum absolute atomic E-state index is 0.0544. The zero-order chi connectivity index (χ0) is 25.4. The minimum atomic E-state index is -3.00. The number of rotatable bonds is 6. The van der Waals surface area contributed by atoms with Crippen molar-refractivity contribution in [1.29, 1.82) is 5.26 Å². The molecule has 35 heavy (non-hydrogen) atoms. The quantitative estimate of drug-likeness (QED) is 0.684. The molecule has 2 saturated carbocycles. The van der Waals surface area contributed by atoms with Gasteiger partial charge in [0.25, 0.3) is 17.4 Å². The number of alkyl halides is 2. The first-order valence-electron chi connectivity index (χ1n) is 11.9. The van der Waals surface area contributed by atoms with Gasteiger partial charge in [-0.15, -0.1) is 0 Å². The number of halogens is 2. The van der Waals surface area contributed by atoms with E-state index in [-0.39, 0.29) is 17.6 Å². The molecule has 3 aliphatic rings. The molecule has 3 fully saturated rings. The fraction of sp³-hybridized carbons (Fsp3) is 0.500. The van der Waals surface area contributed by atoms with Gasteiger partial charge in [0, 0.05) is 37.3 Å². The first-order valence-corrected chi connectivity index (χ1v) is 11.9. The van der Waals surface area contributed by atoms with E-state index in [2.05, 4.69) is 22.9 Å². The minimum Gasteiger partial charge on any atom is -0.365 e. The molecule has 1 aromatic heterocycles. The average Bonchev–Trinajstić information content (AvgIpc) is 3.50. The number of piperidine rings is 1. The summed E-state index contributed by atoms with van der Waals surface area (Å²) >= 11 is 0. The number of fused-ring (bicyclic) bond motifs is 1. The molecule has 9 heteroatoms. The van der Waals surface area contributed by atoms with Crippen molar-refractivity contribution < 1.29 is 13.6 Å². The van der Waals surface area contributed by atoms with Crippen LogP contribution < -0.4 is 16.2 Å². The molecule has 0 bridgehead atoms. The van der Waals surface area contributed by atoms with E-state index in [1.54, 1.807) is 6.07 Å². The van der Waals surface area contributed by atoms with E-state index in [1.165, 1.54) is 19.2 Å². The normalized spacial score (nSPS) is 29.2. The second-order valence-corrected chi connectivity index (χ2v) is 10.3. The number of primary amides is 1. The third-order valence-corrected chi connectivity index (χ3v) is 8.28. The number of anilines is 1. The topological polar surface area (TPSA) is 95.4 Å². The number of hydrogen-bond donors (Lipinski definition) is 1. The molecule has 2 aromatic rings. The molecule has 2 N–H and O–H groups in total. The number of pyridine rings is 1. The summed E-state index contributed by atoms with van der Waals surface area (Å²) in [7, 11) is 2.06. The lowest BCUT2D eigenvalue weighted by atomic mass is 9.96. The van der Waals surface area contributed by atoms with Gasteiger partial charge in [-0.25, -0.2) is 8.78 Å². The van der Waals surface area contributed by atoms with Crippen LogP contribution in [0.25, 0.3) is 0 Å². The van der Waals surface area contributed by atoms with Crippen molar-refractivity contribution in [2.75, 3.05) is 25.0 Å². The summed E-state index contributed by atoms with van der Waals surface area (Å²) in [5.41, 5.74) is 7.88. The van der Waals surface area contributed by atoms with Gasteiger partial charge in [-0.3, -0.25) is 9.59 Å². The largest absolute Gasteiger partial charge is 0.365 e. The first-order chi connectivity index (χ1) is 16.5. The molecule has 7 nitrogen and oxygen atoms in total. The van der Waals surface area contributed by atoms with Crippen LogP contribution in [-0.2, 0) is 0 Å². The number of hydrogen-bond acceptors (Lipinski definition) is 5. The summed E-state index contributed by atoms with van der Waals surface area (Å²) in [5, 5.41) is 9.53. The Morgan fingerprint density at radius 2 is 1.94 bits per heavy atom. The smallest absolute Gasteiger partial charge is 0.273 e. The van der Waals surface area contributed by atoms with Crippen molar-refractivity contribution in [1.82, 2.24) is 9.47 Å². The Hall–Kier alpha value is -3.25. The highest BCUT2D eigenvalue weighted by Gasteiger charge is 2.67. The van der Waals surface area contributed by atoms with Crippen LogP contribution in [0, 0.1) is 36.0 Å². The first kappa shape index (κ1) is 23.5. The van der Waals surface area contributed by atoms with Crippen molar-refractivity contribution in [3.8, 4) is 6.07 Å². The number of nitrogens with two attached hydrogens (primary N) is 1. The van der Waals surface area contributed by atoms with Gasteiger partial charge in [0.1, 0.15) is 6.04 Å². The number of carbonyl (C=O) groups excluding carboxylic acids is 1. The summed E-state index contributed by atoms with van der Waals surface area (Å²) in [4.78, 5) is 30.0. The van der Waals surface area contributed by atoms with Crippen LogP contribution in [0.2, 0.25) is 0 Å². The number of likely N-dealkylation sites (tertiary alicyclic amines) is 1. The van der Waals surface area contributed by atoms with Crippen LogP contribution in [-0.4, -0.2) is 47.5 Å². The van der Waals surface area contributed by atoms with Gasteiger partial charge in [-0.05, 0) is 49.9 Å². The monoisotopic (exact) mass is 481 g/mol. The Bertz CT molecular complexity index is 1300. The van der Waals surface area contributed by atoms with Crippen LogP contribution in [0.4, 0.5) is 14.5 Å². The van der Waals surface area contributed by atoms with Crippen molar-refractivity contribution in [2.45, 2.75) is 44.8 Å². The Morgan fingerprint density at radius 3 is 2.49 bits per heavy atom. The van der Waals surface area contributed by atoms with Crippen LogP contribution in [0.5, 0.6) is 0 Å². The molecule has 5 atom stereocenters. The van der Waals surface area contributed by atoms with Crippen LogP contribution in [0.3, 0.4) is 0 Å². The number of amides is 1. The zero-order valence-corrected chi connectivity index (χ0v) is 20.2. The van der Waals surface area contributed by atoms with E-state index >= 15 is 0 Å². The van der Waals surface area contributed by atoms with Crippen molar-refractivity contribution >= 4 is 11.6 Å². The van der Waals surface area contributed by atoms with Crippen molar-refractivity contribution in [3.05, 3.63) is 63.1 Å². The number of benzene rings is 1. The van der Waals surface area contributed by atoms with Crippen LogP contribution in [0.15, 0.2) is 35.3 Å². The summed E-state index contributed by atoms with van der Waals surface area (Å²) < 4.78 is 29.2. The molecule has 0 radical (unpaired) electrons. The fourth-order valence-corrected chi connectivity index (χ4v) is 6.17.